The molecular formula is C23H30N2O3. The highest BCUT2D eigenvalue weighted by Crippen LogP contribution is 2.28. The van der Waals surface area contributed by atoms with Crippen LogP contribution in [-0.2, 0) is 0 Å². The molecule has 3 rings (SSSR count). The van der Waals surface area contributed by atoms with Crippen LogP contribution in [0.2, 0.25) is 0 Å². The maximum absolute atomic E-state index is 12.0. The van der Waals surface area contributed by atoms with Crippen molar-refractivity contribution in [3.63, 3.8) is 0 Å². The minimum absolute atomic E-state index is 0.0645. The predicted molar refractivity (Wildman–Crippen MR) is 113 cm³/mol. The van der Waals surface area contributed by atoms with Crippen LogP contribution in [0.15, 0.2) is 27.8 Å². The Kier molecular flexibility index (Phi) is 6.90. The Bertz CT molecular complexity index is 976. The van der Waals surface area contributed by atoms with Crippen LogP contribution in [0.3, 0.4) is 0 Å². The van der Waals surface area contributed by atoms with Gasteiger partial charge in [0.2, 0.25) is 0 Å². The molecule has 1 aliphatic carbocycles. The molecule has 1 saturated carbocycles. The van der Waals surface area contributed by atoms with Crippen molar-refractivity contribution < 1.29 is 4.74 Å². The van der Waals surface area contributed by atoms with Gasteiger partial charge in [0.1, 0.15) is 16.4 Å². The van der Waals surface area contributed by atoms with Crippen molar-refractivity contribution >= 4 is 12.7 Å². The molecule has 28 heavy (non-hydrogen) atoms. The van der Waals surface area contributed by atoms with E-state index in [2.05, 4.69) is 16.5 Å². The largest absolute Gasteiger partial charge is 0.493 e. The van der Waals surface area contributed by atoms with Crippen LogP contribution in [-0.4, -0.2) is 16.6 Å². The van der Waals surface area contributed by atoms with Crippen LogP contribution in [0.5, 0.6) is 5.75 Å². The second kappa shape index (κ2) is 9.58. The van der Waals surface area contributed by atoms with E-state index in [1.165, 1.54) is 44.9 Å². The van der Waals surface area contributed by atoms with Gasteiger partial charge in [0.25, 0.3) is 11.1 Å². The number of unbranched alkanes of at least 4 members (excludes halogenated alkanes) is 1. The number of aromatic amines is 2. The van der Waals surface area contributed by atoms with E-state index >= 15 is 0 Å². The lowest BCUT2D eigenvalue weighted by Crippen LogP contribution is -2.47. The molecule has 5 heteroatoms. The summed E-state index contributed by atoms with van der Waals surface area (Å²) >= 11 is 0. The molecule has 0 atom stereocenters. The Balaban J connectivity index is 1.62. The molecule has 0 unspecified atom stereocenters. The fourth-order valence-electron chi connectivity index (χ4n) is 3.90. The van der Waals surface area contributed by atoms with E-state index in [-0.39, 0.29) is 10.7 Å². The second-order valence-corrected chi connectivity index (χ2v) is 7.82. The third-order valence-corrected chi connectivity index (χ3v) is 5.53. The molecule has 0 aliphatic heterocycles. The standard InChI is InChI=1S/C23H30N2O3/c1-16-11-12-19(14-20-22(26)24-17(2)25-23(20)27)15-21(16)28-13-7-6-10-18-8-4-3-5-9-18/h11-12,14-15,18H,2-10,13H2,1H3,(H,24,26)(H,25,27). The zero-order chi connectivity index (χ0) is 19.9. The molecule has 1 heterocycles. The van der Waals surface area contributed by atoms with Gasteiger partial charge in [0.15, 0.2) is 0 Å². The predicted octanol–water partition coefficient (Wildman–Crippen LogP) is 2.74. The lowest BCUT2D eigenvalue weighted by Gasteiger charge is -2.21. The fourth-order valence-corrected chi connectivity index (χ4v) is 3.90. The van der Waals surface area contributed by atoms with Gasteiger partial charge in [-0.3, -0.25) is 9.59 Å². The summed E-state index contributed by atoms with van der Waals surface area (Å²) in [6, 6.07) is 5.71. The van der Waals surface area contributed by atoms with Crippen LogP contribution in [0, 0.1) is 12.8 Å². The number of nitrogens with one attached hydrogen (secondary N) is 2. The number of aryl methyl sites for hydroxylation is 1. The highest BCUT2D eigenvalue weighted by molar-refractivity contribution is 5.53. The molecule has 1 aromatic heterocycles. The Morgan fingerprint density at radius 3 is 2.54 bits per heavy atom. The van der Waals surface area contributed by atoms with Gasteiger partial charge in [-0.25, -0.2) is 0 Å². The first-order valence-corrected chi connectivity index (χ1v) is 10.3. The first kappa shape index (κ1) is 20.2. The summed E-state index contributed by atoms with van der Waals surface area (Å²) in [5, 5.41) is 0.0645. The van der Waals surface area contributed by atoms with Gasteiger partial charge in [-0.1, -0.05) is 57.2 Å². The quantitative estimate of drug-likeness (QED) is 0.723. The molecule has 2 N–H and O–H groups in total. The first-order valence-electron chi connectivity index (χ1n) is 10.3. The molecule has 0 radical (unpaired) electrons. The highest BCUT2D eigenvalue weighted by atomic mass is 16.5. The minimum Gasteiger partial charge on any atom is -0.493 e. The molecular weight excluding hydrogens is 352 g/mol. The number of ether oxygens (including phenoxy) is 1. The van der Waals surface area contributed by atoms with Crippen LogP contribution in [0.4, 0.5) is 0 Å². The molecule has 0 saturated heterocycles. The summed E-state index contributed by atoms with van der Waals surface area (Å²) in [5.74, 6) is 1.71. The van der Waals surface area contributed by atoms with Gasteiger partial charge in [-0.05, 0) is 49.0 Å². The lowest BCUT2D eigenvalue weighted by molar-refractivity contribution is 0.282. The van der Waals surface area contributed by atoms with Gasteiger partial charge in [0, 0.05) is 0 Å². The van der Waals surface area contributed by atoms with E-state index in [4.69, 9.17) is 4.74 Å². The molecule has 0 spiro atoms. The summed E-state index contributed by atoms with van der Waals surface area (Å²) < 4.78 is 5.98. The van der Waals surface area contributed by atoms with Crippen LogP contribution < -0.4 is 26.6 Å². The molecule has 2 aromatic rings. The summed E-state index contributed by atoms with van der Waals surface area (Å²) in [7, 11) is 0. The van der Waals surface area contributed by atoms with Crippen LogP contribution >= 0.6 is 0 Å². The highest BCUT2D eigenvalue weighted by Gasteiger charge is 2.12. The molecule has 150 valence electrons. The number of hydrogen-bond acceptors (Lipinski definition) is 3. The smallest absolute Gasteiger partial charge is 0.262 e. The summed E-state index contributed by atoms with van der Waals surface area (Å²) in [4.78, 5) is 29.1. The maximum Gasteiger partial charge on any atom is 0.262 e. The van der Waals surface area contributed by atoms with E-state index in [1.54, 1.807) is 6.08 Å². The summed E-state index contributed by atoms with van der Waals surface area (Å²) in [6.45, 7) is 6.24. The third-order valence-electron chi connectivity index (χ3n) is 5.53. The molecule has 1 aromatic carbocycles. The van der Waals surface area contributed by atoms with Gasteiger partial charge in [-0.2, -0.15) is 0 Å². The van der Waals surface area contributed by atoms with Crippen molar-refractivity contribution in [3.8, 4) is 5.75 Å². The topological polar surface area (TPSA) is 75.0 Å². The normalized spacial score (nSPS) is 14.8. The Hall–Kier alpha value is -2.56. The molecule has 0 amide bonds. The van der Waals surface area contributed by atoms with E-state index in [9.17, 15) is 9.59 Å². The van der Waals surface area contributed by atoms with Gasteiger partial charge in [0.05, 0.1) is 6.61 Å². The minimum atomic E-state index is -0.445. The van der Waals surface area contributed by atoms with Crippen molar-refractivity contribution in [2.24, 2.45) is 5.92 Å². The SMILES string of the molecule is C=c1[nH]c(=O)c(=Cc2ccc(C)c(OCCCCC3CCCCC3)c2)c(=O)[nH]1. The Labute approximate surface area is 165 Å². The molecule has 1 fully saturated rings. The van der Waals surface area contributed by atoms with Gasteiger partial charge < -0.3 is 14.7 Å². The zero-order valence-electron chi connectivity index (χ0n) is 16.7. The van der Waals surface area contributed by atoms with Crippen molar-refractivity contribution in [3.05, 3.63) is 60.7 Å². The number of aromatic nitrogens is 2. The first-order chi connectivity index (χ1) is 13.5. The molecule has 5 nitrogen and oxygen atoms in total. The average Bonchev–Trinajstić information content (AvgIpc) is 2.67. The van der Waals surface area contributed by atoms with Crippen LogP contribution in [0.25, 0.3) is 12.7 Å². The third kappa shape index (κ3) is 5.47. The zero-order valence-corrected chi connectivity index (χ0v) is 16.7. The second-order valence-electron chi connectivity index (χ2n) is 7.82. The average molecular weight is 383 g/mol. The number of hydrogen-bond donors (Lipinski definition) is 2. The van der Waals surface area contributed by atoms with Crippen molar-refractivity contribution in [1.29, 1.82) is 0 Å². The van der Waals surface area contributed by atoms with E-state index in [0.717, 1.165) is 29.2 Å². The van der Waals surface area contributed by atoms with Crippen molar-refractivity contribution in [2.75, 3.05) is 6.61 Å². The van der Waals surface area contributed by atoms with Crippen molar-refractivity contribution in [1.82, 2.24) is 9.97 Å². The maximum atomic E-state index is 12.0. The fraction of sp³-hybridized carbons (Fsp3) is 0.478. The number of H-pyrrole nitrogens is 2. The summed E-state index contributed by atoms with van der Waals surface area (Å²) in [5.41, 5.74) is 1.11. The monoisotopic (exact) mass is 382 g/mol. The van der Waals surface area contributed by atoms with E-state index < -0.39 is 11.1 Å². The van der Waals surface area contributed by atoms with Crippen LogP contribution in [0.1, 0.15) is 62.5 Å². The summed E-state index contributed by atoms with van der Waals surface area (Å²) in [6.07, 6.45) is 12.1. The molecule has 1 aliphatic rings. The van der Waals surface area contributed by atoms with Gasteiger partial charge in [-0.15, -0.1) is 0 Å². The molecule has 0 bridgehead atoms. The Morgan fingerprint density at radius 1 is 1.11 bits per heavy atom. The van der Waals surface area contributed by atoms with Gasteiger partial charge >= 0.3 is 0 Å². The van der Waals surface area contributed by atoms with E-state index in [1.807, 2.05) is 25.1 Å². The van der Waals surface area contributed by atoms with Crippen molar-refractivity contribution in [2.45, 2.75) is 58.3 Å². The number of benzene rings is 1. The lowest BCUT2D eigenvalue weighted by atomic mass is 9.86. The Morgan fingerprint density at radius 2 is 1.82 bits per heavy atom. The van der Waals surface area contributed by atoms with E-state index in [0.29, 0.717) is 6.61 Å². The number of rotatable bonds is 7.